The standard InChI is InChI=1S/C27H38N2O3/c30-25(28-19-20-13-17-32-18-14-20)24-22-11-5-6-12-23(22)26(31)29(21-9-3-1-4-10-21)27(24)15-7-2-8-16-27/h5-6,11-12,20-21,24H,1-4,7-10,13-19H2,(H,28,30)/t24-/m1/s1. The molecule has 2 aliphatic carbocycles. The first-order valence-corrected chi connectivity index (χ1v) is 13.0. The second-order valence-corrected chi connectivity index (χ2v) is 10.5. The summed E-state index contributed by atoms with van der Waals surface area (Å²) in [6, 6.07) is 8.21. The van der Waals surface area contributed by atoms with Gasteiger partial charge in [-0.1, -0.05) is 56.7 Å². The maximum Gasteiger partial charge on any atom is 0.254 e. The SMILES string of the molecule is O=C(NCC1CCOCC1)[C@H]1c2ccccc2C(=O)N(C2CCCCC2)C12CCCCC2. The molecule has 1 atom stereocenters. The highest BCUT2D eigenvalue weighted by Crippen LogP contribution is 2.51. The third-order valence-electron chi connectivity index (χ3n) is 8.57. The molecule has 1 aromatic rings. The molecule has 0 radical (unpaired) electrons. The fourth-order valence-corrected chi connectivity index (χ4v) is 6.95. The molecule has 174 valence electrons. The fourth-order valence-electron chi connectivity index (χ4n) is 6.95. The van der Waals surface area contributed by atoms with Crippen molar-refractivity contribution in [1.82, 2.24) is 10.2 Å². The second-order valence-electron chi connectivity index (χ2n) is 10.5. The molecule has 2 saturated carbocycles. The van der Waals surface area contributed by atoms with Crippen LogP contribution in [0.3, 0.4) is 0 Å². The van der Waals surface area contributed by atoms with Crippen LogP contribution < -0.4 is 5.32 Å². The van der Waals surface area contributed by atoms with Crippen molar-refractivity contribution >= 4 is 11.8 Å². The Morgan fingerprint density at radius 1 is 0.969 bits per heavy atom. The van der Waals surface area contributed by atoms with Gasteiger partial charge in [-0.3, -0.25) is 9.59 Å². The van der Waals surface area contributed by atoms with Gasteiger partial charge in [-0.25, -0.2) is 0 Å². The van der Waals surface area contributed by atoms with Crippen molar-refractivity contribution < 1.29 is 14.3 Å². The zero-order chi connectivity index (χ0) is 22.0. The number of hydrogen-bond acceptors (Lipinski definition) is 3. The molecule has 5 nitrogen and oxygen atoms in total. The minimum absolute atomic E-state index is 0.124. The van der Waals surface area contributed by atoms with Crippen molar-refractivity contribution in [2.24, 2.45) is 5.92 Å². The summed E-state index contributed by atoms with van der Waals surface area (Å²) in [5, 5.41) is 3.34. The lowest BCUT2D eigenvalue weighted by molar-refractivity contribution is -0.128. The first-order valence-electron chi connectivity index (χ1n) is 13.0. The number of hydrogen-bond donors (Lipinski definition) is 1. The van der Waals surface area contributed by atoms with Gasteiger partial charge in [-0.05, 0) is 56.1 Å². The normalized spacial score (nSPS) is 26.7. The average Bonchev–Trinajstić information content (AvgIpc) is 2.85. The molecule has 3 fully saturated rings. The first kappa shape index (κ1) is 21.9. The zero-order valence-corrected chi connectivity index (χ0v) is 19.3. The molecule has 1 N–H and O–H groups in total. The Hall–Kier alpha value is -1.88. The van der Waals surface area contributed by atoms with Gasteiger partial charge in [0.2, 0.25) is 5.91 Å². The van der Waals surface area contributed by atoms with Crippen molar-refractivity contribution in [3.05, 3.63) is 35.4 Å². The number of carbonyl (C=O) groups excluding carboxylic acids is 2. The number of carbonyl (C=O) groups is 2. The van der Waals surface area contributed by atoms with E-state index >= 15 is 0 Å². The summed E-state index contributed by atoms with van der Waals surface area (Å²) < 4.78 is 5.50. The van der Waals surface area contributed by atoms with Crippen LogP contribution in [0, 0.1) is 5.92 Å². The largest absolute Gasteiger partial charge is 0.381 e. The molecule has 1 spiro atoms. The quantitative estimate of drug-likeness (QED) is 0.734. The number of ether oxygens (including phenoxy) is 1. The molecule has 2 amide bonds. The number of rotatable bonds is 4. The Kier molecular flexibility index (Phi) is 6.54. The molecular weight excluding hydrogens is 400 g/mol. The molecule has 0 unspecified atom stereocenters. The molecule has 0 aromatic heterocycles. The molecule has 0 bridgehead atoms. The topological polar surface area (TPSA) is 58.6 Å². The van der Waals surface area contributed by atoms with Crippen molar-refractivity contribution in [3.8, 4) is 0 Å². The van der Waals surface area contributed by atoms with E-state index < -0.39 is 0 Å². The van der Waals surface area contributed by atoms with E-state index in [4.69, 9.17) is 4.74 Å². The minimum atomic E-state index is -0.370. The fraction of sp³-hybridized carbons (Fsp3) is 0.704. The molecule has 2 heterocycles. The predicted octanol–water partition coefficient (Wildman–Crippen LogP) is 4.80. The van der Waals surface area contributed by atoms with E-state index in [9.17, 15) is 9.59 Å². The summed E-state index contributed by atoms with van der Waals surface area (Å²) in [7, 11) is 0. The van der Waals surface area contributed by atoms with Crippen LogP contribution in [0.25, 0.3) is 0 Å². The van der Waals surface area contributed by atoms with Gasteiger partial charge < -0.3 is 15.0 Å². The van der Waals surface area contributed by atoms with E-state index in [-0.39, 0.29) is 29.3 Å². The monoisotopic (exact) mass is 438 g/mol. The molecule has 5 heteroatoms. The maximum atomic E-state index is 13.9. The predicted molar refractivity (Wildman–Crippen MR) is 125 cm³/mol. The minimum Gasteiger partial charge on any atom is -0.381 e. The lowest BCUT2D eigenvalue weighted by Crippen LogP contribution is -2.65. The molecule has 1 aromatic carbocycles. The number of fused-ring (bicyclic) bond motifs is 1. The van der Waals surface area contributed by atoms with E-state index in [2.05, 4.69) is 10.2 Å². The molecule has 1 saturated heterocycles. The van der Waals surface area contributed by atoms with E-state index in [0.717, 1.165) is 75.7 Å². The third kappa shape index (κ3) is 3.98. The summed E-state index contributed by atoms with van der Waals surface area (Å²) in [6.45, 7) is 2.30. The highest BCUT2D eigenvalue weighted by atomic mass is 16.5. The van der Waals surface area contributed by atoms with Crippen molar-refractivity contribution in [2.75, 3.05) is 19.8 Å². The highest BCUT2D eigenvalue weighted by molar-refractivity contribution is 6.02. The Morgan fingerprint density at radius 2 is 1.66 bits per heavy atom. The summed E-state index contributed by atoms with van der Waals surface area (Å²) in [6.07, 6.45) is 13.1. The molecule has 5 rings (SSSR count). The van der Waals surface area contributed by atoms with E-state index in [1.807, 2.05) is 24.3 Å². The summed E-state index contributed by atoms with van der Waals surface area (Å²) in [4.78, 5) is 30.1. The Bertz CT molecular complexity index is 820. The van der Waals surface area contributed by atoms with Gasteiger partial charge in [0.25, 0.3) is 5.91 Å². The highest BCUT2D eigenvalue weighted by Gasteiger charge is 2.56. The van der Waals surface area contributed by atoms with E-state index in [1.54, 1.807) is 0 Å². The van der Waals surface area contributed by atoms with Gasteiger partial charge in [0.15, 0.2) is 0 Å². The average molecular weight is 439 g/mol. The van der Waals surface area contributed by atoms with Crippen LogP contribution in [0.5, 0.6) is 0 Å². The number of amides is 2. The van der Waals surface area contributed by atoms with Crippen LogP contribution in [0.1, 0.15) is 98.9 Å². The molecule has 4 aliphatic rings. The van der Waals surface area contributed by atoms with Gasteiger partial charge >= 0.3 is 0 Å². The Balaban J connectivity index is 1.51. The maximum absolute atomic E-state index is 13.9. The number of nitrogens with one attached hydrogen (secondary N) is 1. The number of nitrogens with zero attached hydrogens (tertiary/aromatic N) is 1. The lowest BCUT2D eigenvalue weighted by atomic mass is 9.64. The van der Waals surface area contributed by atoms with Crippen LogP contribution >= 0.6 is 0 Å². The van der Waals surface area contributed by atoms with Crippen LogP contribution in [-0.4, -0.2) is 48.1 Å². The smallest absolute Gasteiger partial charge is 0.254 e. The lowest BCUT2D eigenvalue weighted by Gasteiger charge is -2.57. The Labute approximate surface area is 192 Å². The van der Waals surface area contributed by atoms with Crippen molar-refractivity contribution in [3.63, 3.8) is 0 Å². The molecular formula is C27H38N2O3. The second kappa shape index (κ2) is 9.54. The van der Waals surface area contributed by atoms with E-state index in [0.29, 0.717) is 12.5 Å². The summed E-state index contributed by atoms with van der Waals surface area (Å²) in [5.74, 6) is 0.519. The third-order valence-corrected chi connectivity index (χ3v) is 8.57. The van der Waals surface area contributed by atoms with Gasteiger partial charge in [-0.15, -0.1) is 0 Å². The Morgan fingerprint density at radius 3 is 2.41 bits per heavy atom. The van der Waals surface area contributed by atoms with E-state index in [1.165, 1.54) is 25.7 Å². The van der Waals surface area contributed by atoms with Crippen LogP contribution in [-0.2, 0) is 9.53 Å². The summed E-state index contributed by atoms with van der Waals surface area (Å²) in [5.41, 5.74) is 1.34. The van der Waals surface area contributed by atoms with Crippen LogP contribution in [0.2, 0.25) is 0 Å². The van der Waals surface area contributed by atoms with Gasteiger partial charge in [0, 0.05) is 31.4 Å². The van der Waals surface area contributed by atoms with Gasteiger partial charge in [-0.2, -0.15) is 0 Å². The first-order chi connectivity index (χ1) is 15.7. The molecule has 2 aliphatic heterocycles. The molecule has 32 heavy (non-hydrogen) atoms. The zero-order valence-electron chi connectivity index (χ0n) is 19.3. The van der Waals surface area contributed by atoms with Crippen molar-refractivity contribution in [2.45, 2.75) is 94.5 Å². The summed E-state index contributed by atoms with van der Waals surface area (Å²) >= 11 is 0. The van der Waals surface area contributed by atoms with Gasteiger partial charge in [0.05, 0.1) is 11.5 Å². The van der Waals surface area contributed by atoms with Crippen LogP contribution in [0.15, 0.2) is 24.3 Å². The van der Waals surface area contributed by atoms with Crippen LogP contribution in [0.4, 0.5) is 0 Å². The number of benzene rings is 1. The van der Waals surface area contributed by atoms with Crippen molar-refractivity contribution in [1.29, 1.82) is 0 Å². The van der Waals surface area contributed by atoms with Gasteiger partial charge in [0.1, 0.15) is 0 Å².